The van der Waals surface area contributed by atoms with Crippen LogP contribution in [0, 0.1) is 0 Å². The molecule has 9 heteroatoms. The van der Waals surface area contributed by atoms with Crippen molar-refractivity contribution in [3.8, 4) is 11.5 Å². The van der Waals surface area contributed by atoms with Gasteiger partial charge in [0.2, 0.25) is 0 Å². The first-order chi connectivity index (χ1) is 14.1. The van der Waals surface area contributed by atoms with Gasteiger partial charge in [-0.2, -0.15) is 13.2 Å². The summed E-state index contributed by atoms with van der Waals surface area (Å²) in [6, 6.07) is 7.47. The number of carbonyl (C=O) groups excluding carboxylic acids is 1. The Morgan fingerprint density at radius 1 is 1.00 bits per heavy atom. The molecule has 0 spiro atoms. The quantitative estimate of drug-likeness (QED) is 0.664. The fourth-order valence-electron chi connectivity index (χ4n) is 2.78. The molecule has 30 heavy (non-hydrogen) atoms. The highest BCUT2D eigenvalue weighted by Gasteiger charge is 2.36. The molecule has 2 aromatic rings. The van der Waals surface area contributed by atoms with Crippen LogP contribution in [0.1, 0.15) is 33.0 Å². The van der Waals surface area contributed by atoms with E-state index in [4.69, 9.17) is 9.47 Å². The first-order valence-electron chi connectivity index (χ1n) is 8.54. The van der Waals surface area contributed by atoms with Crippen molar-refractivity contribution < 1.29 is 42.1 Å². The van der Waals surface area contributed by atoms with E-state index in [0.29, 0.717) is 23.1 Å². The molecule has 0 heterocycles. The maximum absolute atomic E-state index is 13.2. The molecule has 0 aromatic heterocycles. The lowest BCUT2D eigenvalue weighted by Crippen LogP contribution is -2.16. The van der Waals surface area contributed by atoms with E-state index in [1.807, 2.05) is 0 Å². The summed E-state index contributed by atoms with van der Waals surface area (Å²) in [5.74, 6) is -2.91. The van der Waals surface area contributed by atoms with Crippen molar-refractivity contribution in [3.63, 3.8) is 0 Å². The van der Waals surface area contributed by atoms with E-state index in [-0.39, 0.29) is 5.56 Å². The summed E-state index contributed by atoms with van der Waals surface area (Å²) in [6.07, 6.45) is -2.01. The van der Waals surface area contributed by atoms with Crippen molar-refractivity contribution in [2.45, 2.75) is 12.1 Å². The summed E-state index contributed by atoms with van der Waals surface area (Å²) in [6.45, 7) is 0. The van der Waals surface area contributed by atoms with Crippen LogP contribution < -0.4 is 9.47 Å². The summed E-state index contributed by atoms with van der Waals surface area (Å²) in [5.41, 5.74) is -1.38. The number of alkyl halides is 3. The molecule has 0 aliphatic rings. The lowest BCUT2D eigenvalue weighted by atomic mass is 9.93. The number of hydrogen-bond donors (Lipinski definition) is 1. The molecular weight excluding hydrogens is 405 g/mol. The standard InChI is InChI=1S/C21H19F3O6/c1-28-17-9-5-12(10-18(17)29-2)4-7-14(19(25)26)13-6-8-16(21(22,23)24)15(11-13)20(27)30-3/h4-11,14H,1-3H3,(H,25,26)/b7-4+. The zero-order chi connectivity index (χ0) is 22.5. The van der Waals surface area contributed by atoms with Crippen LogP contribution in [-0.2, 0) is 15.7 Å². The lowest BCUT2D eigenvalue weighted by Gasteiger charge is -2.15. The van der Waals surface area contributed by atoms with Gasteiger partial charge in [0, 0.05) is 0 Å². The number of carboxylic acid groups (broad SMARTS) is 1. The third kappa shape index (κ3) is 5.11. The SMILES string of the molecule is COC(=O)c1cc(C(/C=C/c2ccc(OC)c(OC)c2)C(=O)O)ccc1C(F)(F)F. The Morgan fingerprint density at radius 2 is 1.67 bits per heavy atom. The predicted octanol–water partition coefficient (Wildman–Crippen LogP) is 4.39. The van der Waals surface area contributed by atoms with Gasteiger partial charge in [0.15, 0.2) is 11.5 Å². The zero-order valence-corrected chi connectivity index (χ0v) is 16.3. The van der Waals surface area contributed by atoms with Gasteiger partial charge < -0.3 is 19.3 Å². The number of rotatable bonds is 7. The monoisotopic (exact) mass is 424 g/mol. The van der Waals surface area contributed by atoms with Crippen LogP contribution in [0.4, 0.5) is 13.2 Å². The summed E-state index contributed by atoms with van der Waals surface area (Å²) in [7, 11) is 3.86. The average Bonchev–Trinajstić information content (AvgIpc) is 2.71. The third-order valence-corrected chi connectivity index (χ3v) is 4.27. The minimum atomic E-state index is -4.80. The number of ether oxygens (including phenoxy) is 3. The van der Waals surface area contributed by atoms with Gasteiger partial charge in [-0.3, -0.25) is 4.79 Å². The summed E-state index contributed by atoms with van der Waals surface area (Å²) < 4.78 is 54.3. The van der Waals surface area contributed by atoms with Crippen molar-refractivity contribution in [1.29, 1.82) is 0 Å². The zero-order valence-electron chi connectivity index (χ0n) is 16.3. The Morgan fingerprint density at radius 3 is 2.20 bits per heavy atom. The van der Waals surface area contributed by atoms with E-state index in [9.17, 15) is 27.9 Å². The van der Waals surface area contributed by atoms with Crippen LogP contribution in [0.2, 0.25) is 0 Å². The molecule has 0 saturated heterocycles. The van der Waals surface area contributed by atoms with Gasteiger partial charge in [-0.25, -0.2) is 4.79 Å². The number of carboxylic acids is 1. The van der Waals surface area contributed by atoms with E-state index < -0.39 is 35.2 Å². The summed E-state index contributed by atoms with van der Waals surface area (Å²) >= 11 is 0. The second-order valence-corrected chi connectivity index (χ2v) is 6.08. The van der Waals surface area contributed by atoms with Crippen LogP contribution >= 0.6 is 0 Å². The molecule has 0 radical (unpaired) electrons. The highest BCUT2D eigenvalue weighted by atomic mass is 19.4. The minimum Gasteiger partial charge on any atom is -0.493 e. The molecule has 1 unspecified atom stereocenters. The molecule has 2 aromatic carbocycles. The average molecular weight is 424 g/mol. The molecule has 1 N–H and O–H groups in total. The lowest BCUT2D eigenvalue weighted by molar-refractivity contribution is -0.138. The van der Waals surface area contributed by atoms with Crippen LogP contribution in [0.25, 0.3) is 6.08 Å². The van der Waals surface area contributed by atoms with Gasteiger partial charge >= 0.3 is 18.1 Å². The highest BCUT2D eigenvalue weighted by molar-refractivity contribution is 5.92. The first-order valence-corrected chi connectivity index (χ1v) is 8.54. The van der Waals surface area contributed by atoms with Crippen LogP contribution in [-0.4, -0.2) is 38.4 Å². The van der Waals surface area contributed by atoms with E-state index in [1.54, 1.807) is 18.2 Å². The largest absolute Gasteiger partial charge is 0.493 e. The number of halogens is 3. The number of hydrogen-bond acceptors (Lipinski definition) is 5. The van der Waals surface area contributed by atoms with Gasteiger partial charge in [-0.15, -0.1) is 0 Å². The van der Waals surface area contributed by atoms with Gasteiger partial charge in [0.05, 0.1) is 32.5 Å². The van der Waals surface area contributed by atoms with E-state index in [1.165, 1.54) is 26.4 Å². The second kappa shape index (κ2) is 9.34. The Hall–Kier alpha value is -3.49. The number of aliphatic carboxylic acids is 1. The molecule has 6 nitrogen and oxygen atoms in total. The molecule has 0 aliphatic heterocycles. The number of benzene rings is 2. The van der Waals surface area contributed by atoms with E-state index >= 15 is 0 Å². The first kappa shape index (κ1) is 22.8. The molecule has 0 saturated carbocycles. The molecule has 1 atom stereocenters. The van der Waals surface area contributed by atoms with E-state index in [2.05, 4.69) is 4.74 Å². The van der Waals surface area contributed by atoms with Crippen molar-refractivity contribution >= 4 is 18.0 Å². The maximum Gasteiger partial charge on any atom is 0.417 e. The van der Waals surface area contributed by atoms with Gasteiger partial charge in [-0.05, 0) is 35.4 Å². The second-order valence-electron chi connectivity index (χ2n) is 6.08. The molecular formula is C21H19F3O6. The fourth-order valence-corrected chi connectivity index (χ4v) is 2.78. The van der Waals surface area contributed by atoms with Crippen LogP contribution in [0.5, 0.6) is 11.5 Å². The molecule has 0 bridgehead atoms. The molecule has 160 valence electrons. The van der Waals surface area contributed by atoms with Gasteiger partial charge in [0.1, 0.15) is 5.92 Å². The van der Waals surface area contributed by atoms with Crippen LogP contribution in [0.15, 0.2) is 42.5 Å². The molecule has 0 amide bonds. The van der Waals surface area contributed by atoms with Crippen molar-refractivity contribution in [2.75, 3.05) is 21.3 Å². The molecule has 2 rings (SSSR count). The predicted molar refractivity (Wildman–Crippen MR) is 102 cm³/mol. The smallest absolute Gasteiger partial charge is 0.417 e. The maximum atomic E-state index is 13.2. The Balaban J connectivity index is 2.47. The summed E-state index contributed by atoms with van der Waals surface area (Å²) in [4.78, 5) is 23.6. The molecule has 0 aliphatic carbocycles. The highest BCUT2D eigenvalue weighted by Crippen LogP contribution is 2.34. The van der Waals surface area contributed by atoms with Crippen molar-refractivity contribution in [2.24, 2.45) is 0 Å². The Bertz CT molecular complexity index is 966. The normalized spacial score (nSPS) is 12.5. The van der Waals surface area contributed by atoms with Crippen LogP contribution in [0.3, 0.4) is 0 Å². The third-order valence-electron chi connectivity index (χ3n) is 4.27. The topological polar surface area (TPSA) is 82.1 Å². The van der Waals surface area contributed by atoms with Crippen molar-refractivity contribution in [1.82, 2.24) is 0 Å². The number of esters is 1. The Kier molecular flexibility index (Phi) is 7.10. The molecule has 0 fully saturated rings. The minimum absolute atomic E-state index is 0.00683. The number of methoxy groups -OCH3 is 3. The number of carbonyl (C=O) groups is 2. The van der Waals surface area contributed by atoms with Gasteiger partial charge in [-0.1, -0.05) is 24.3 Å². The van der Waals surface area contributed by atoms with Crippen molar-refractivity contribution in [3.05, 3.63) is 64.7 Å². The van der Waals surface area contributed by atoms with Gasteiger partial charge in [0.25, 0.3) is 0 Å². The summed E-state index contributed by atoms with van der Waals surface area (Å²) in [5, 5.41) is 9.57. The fraction of sp³-hybridized carbons (Fsp3) is 0.238. The van der Waals surface area contributed by atoms with E-state index in [0.717, 1.165) is 19.2 Å². The Labute approximate surface area is 170 Å².